The number of pyridine rings is 1. The molecule has 1 aromatic carbocycles. The molecule has 1 aliphatic rings. The average Bonchev–Trinajstić information content (AvgIpc) is 2.49. The zero-order valence-electron chi connectivity index (χ0n) is 12.4. The SMILES string of the molecule is CCC1(C)CCN(c2ccc(N)c3ccncc23)CC1. The van der Waals surface area contributed by atoms with E-state index in [0.717, 1.165) is 24.2 Å². The molecule has 0 saturated carbocycles. The van der Waals surface area contributed by atoms with Gasteiger partial charge in [-0.05, 0) is 36.5 Å². The molecule has 0 unspecified atom stereocenters. The molecule has 2 N–H and O–H groups in total. The van der Waals surface area contributed by atoms with E-state index < -0.39 is 0 Å². The van der Waals surface area contributed by atoms with Crippen molar-refractivity contribution in [3.63, 3.8) is 0 Å². The molecule has 1 aliphatic heterocycles. The highest BCUT2D eigenvalue weighted by Crippen LogP contribution is 2.38. The van der Waals surface area contributed by atoms with E-state index in [1.54, 1.807) is 0 Å². The van der Waals surface area contributed by atoms with Crippen LogP contribution >= 0.6 is 0 Å². The van der Waals surface area contributed by atoms with Gasteiger partial charge >= 0.3 is 0 Å². The molecule has 0 radical (unpaired) electrons. The molecule has 106 valence electrons. The van der Waals surface area contributed by atoms with Crippen LogP contribution in [0.4, 0.5) is 11.4 Å². The second-order valence-corrected chi connectivity index (χ2v) is 6.25. The highest BCUT2D eigenvalue weighted by molar-refractivity contribution is 6.00. The summed E-state index contributed by atoms with van der Waals surface area (Å²) in [6.07, 6.45) is 7.54. The first kappa shape index (κ1) is 13.2. The van der Waals surface area contributed by atoms with Crippen LogP contribution in [-0.4, -0.2) is 18.1 Å². The maximum atomic E-state index is 6.07. The van der Waals surface area contributed by atoms with Gasteiger partial charge in [0.15, 0.2) is 0 Å². The maximum absolute atomic E-state index is 6.07. The summed E-state index contributed by atoms with van der Waals surface area (Å²) in [4.78, 5) is 6.76. The minimum atomic E-state index is 0.512. The Morgan fingerprint density at radius 2 is 1.95 bits per heavy atom. The standard InChI is InChI=1S/C17H23N3/c1-3-17(2)7-10-20(11-8-17)16-5-4-15(18)13-6-9-19-12-14(13)16/h4-6,9,12H,3,7-8,10-11,18H2,1-2H3. The molecule has 0 aliphatic carbocycles. The number of aromatic nitrogens is 1. The quantitative estimate of drug-likeness (QED) is 0.842. The van der Waals surface area contributed by atoms with Gasteiger partial charge in [0.2, 0.25) is 0 Å². The van der Waals surface area contributed by atoms with Gasteiger partial charge in [-0.15, -0.1) is 0 Å². The van der Waals surface area contributed by atoms with Gasteiger partial charge in [0.05, 0.1) is 0 Å². The Bertz CT molecular complexity index is 613. The first-order valence-corrected chi connectivity index (χ1v) is 7.50. The van der Waals surface area contributed by atoms with Crippen molar-refractivity contribution >= 4 is 22.1 Å². The third-order valence-corrected chi connectivity index (χ3v) is 4.99. The van der Waals surface area contributed by atoms with Gasteiger partial charge in [-0.3, -0.25) is 4.98 Å². The van der Waals surface area contributed by atoms with Crippen molar-refractivity contribution in [1.82, 2.24) is 4.98 Å². The molecular weight excluding hydrogens is 246 g/mol. The molecule has 3 heteroatoms. The Labute approximate surface area is 120 Å². The van der Waals surface area contributed by atoms with Crippen molar-refractivity contribution in [2.24, 2.45) is 5.41 Å². The van der Waals surface area contributed by atoms with E-state index in [1.165, 1.54) is 30.3 Å². The second-order valence-electron chi connectivity index (χ2n) is 6.25. The van der Waals surface area contributed by atoms with Crippen LogP contribution in [0.5, 0.6) is 0 Å². The van der Waals surface area contributed by atoms with Gasteiger partial charge in [-0.25, -0.2) is 0 Å². The molecule has 3 nitrogen and oxygen atoms in total. The fourth-order valence-electron chi connectivity index (χ4n) is 3.12. The highest BCUT2D eigenvalue weighted by Gasteiger charge is 2.28. The van der Waals surface area contributed by atoms with Crippen LogP contribution in [0.1, 0.15) is 33.1 Å². The zero-order valence-corrected chi connectivity index (χ0v) is 12.4. The number of fused-ring (bicyclic) bond motifs is 1. The number of nitrogens with zero attached hydrogens (tertiary/aromatic N) is 2. The topological polar surface area (TPSA) is 42.1 Å². The monoisotopic (exact) mass is 269 g/mol. The van der Waals surface area contributed by atoms with E-state index in [-0.39, 0.29) is 0 Å². The molecule has 0 atom stereocenters. The average molecular weight is 269 g/mol. The third-order valence-electron chi connectivity index (χ3n) is 4.99. The van der Waals surface area contributed by atoms with Gasteiger partial charge < -0.3 is 10.6 Å². The van der Waals surface area contributed by atoms with Crippen molar-refractivity contribution in [1.29, 1.82) is 0 Å². The number of anilines is 2. The number of hydrogen-bond acceptors (Lipinski definition) is 3. The number of nitrogen functional groups attached to an aromatic ring is 1. The van der Waals surface area contributed by atoms with Crippen LogP contribution in [0, 0.1) is 5.41 Å². The Morgan fingerprint density at radius 3 is 2.65 bits per heavy atom. The first-order chi connectivity index (χ1) is 9.63. The molecule has 3 rings (SSSR count). The van der Waals surface area contributed by atoms with E-state index in [2.05, 4.69) is 29.8 Å². The van der Waals surface area contributed by atoms with Gasteiger partial charge in [0.25, 0.3) is 0 Å². The molecule has 0 spiro atoms. The van der Waals surface area contributed by atoms with E-state index in [9.17, 15) is 0 Å². The maximum Gasteiger partial charge on any atom is 0.0463 e. The Morgan fingerprint density at radius 1 is 1.20 bits per heavy atom. The lowest BCUT2D eigenvalue weighted by atomic mass is 9.78. The van der Waals surface area contributed by atoms with E-state index >= 15 is 0 Å². The fourth-order valence-corrected chi connectivity index (χ4v) is 3.12. The molecule has 0 amide bonds. The summed E-state index contributed by atoms with van der Waals surface area (Å²) in [5, 5.41) is 2.29. The van der Waals surface area contributed by atoms with Gasteiger partial charge in [-0.2, -0.15) is 0 Å². The molecule has 1 aromatic heterocycles. The largest absolute Gasteiger partial charge is 0.398 e. The number of nitrogens with two attached hydrogens (primary N) is 1. The molecule has 2 aromatic rings. The summed E-state index contributed by atoms with van der Waals surface area (Å²) >= 11 is 0. The highest BCUT2D eigenvalue weighted by atomic mass is 15.1. The predicted molar refractivity (Wildman–Crippen MR) is 86.0 cm³/mol. The Kier molecular flexibility index (Phi) is 3.28. The normalized spacial score (nSPS) is 18.4. The Hall–Kier alpha value is -1.77. The van der Waals surface area contributed by atoms with Gasteiger partial charge in [0.1, 0.15) is 0 Å². The van der Waals surface area contributed by atoms with E-state index in [1.807, 2.05) is 24.5 Å². The van der Waals surface area contributed by atoms with Crippen molar-refractivity contribution in [2.45, 2.75) is 33.1 Å². The summed E-state index contributed by atoms with van der Waals surface area (Å²) in [7, 11) is 0. The van der Waals surface area contributed by atoms with Crippen molar-refractivity contribution in [3.05, 3.63) is 30.6 Å². The van der Waals surface area contributed by atoms with Crippen LogP contribution in [0.25, 0.3) is 10.8 Å². The smallest absolute Gasteiger partial charge is 0.0463 e. The van der Waals surface area contributed by atoms with Crippen molar-refractivity contribution < 1.29 is 0 Å². The van der Waals surface area contributed by atoms with E-state index in [0.29, 0.717) is 5.41 Å². The minimum Gasteiger partial charge on any atom is -0.398 e. The molecule has 1 fully saturated rings. The first-order valence-electron chi connectivity index (χ1n) is 7.50. The molecule has 20 heavy (non-hydrogen) atoms. The van der Waals surface area contributed by atoms with Crippen LogP contribution in [0.15, 0.2) is 30.6 Å². The van der Waals surface area contributed by atoms with Crippen LogP contribution in [-0.2, 0) is 0 Å². The summed E-state index contributed by atoms with van der Waals surface area (Å²) in [6.45, 7) is 6.96. The van der Waals surface area contributed by atoms with Crippen LogP contribution in [0.2, 0.25) is 0 Å². The molecule has 0 bridgehead atoms. The zero-order chi connectivity index (χ0) is 14.2. The summed E-state index contributed by atoms with van der Waals surface area (Å²) in [5.74, 6) is 0. The van der Waals surface area contributed by atoms with Gasteiger partial charge in [0, 0.05) is 47.6 Å². The lowest BCUT2D eigenvalue weighted by Crippen LogP contribution is -2.38. The number of rotatable bonds is 2. The predicted octanol–water partition coefficient (Wildman–Crippen LogP) is 3.83. The number of benzene rings is 1. The number of piperidine rings is 1. The van der Waals surface area contributed by atoms with Crippen molar-refractivity contribution in [2.75, 3.05) is 23.7 Å². The molecular formula is C17H23N3. The van der Waals surface area contributed by atoms with Crippen molar-refractivity contribution in [3.8, 4) is 0 Å². The number of hydrogen-bond donors (Lipinski definition) is 1. The minimum absolute atomic E-state index is 0.512. The third kappa shape index (κ3) is 2.21. The summed E-state index contributed by atoms with van der Waals surface area (Å²) < 4.78 is 0. The molecule has 2 heterocycles. The Balaban J connectivity index is 1.94. The fraction of sp³-hybridized carbons (Fsp3) is 0.471. The van der Waals surface area contributed by atoms with E-state index in [4.69, 9.17) is 5.73 Å². The van der Waals surface area contributed by atoms with Crippen LogP contribution < -0.4 is 10.6 Å². The molecule has 1 saturated heterocycles. The summed E-state index contributed by atoms with van der Waals surface area (Å²) in [6, 6.07) is 6.17. The second kappa shape index (κ2) is 4.97. The lowest BCUT2D eigenvalue weighted by molar-refractivity contribution is 0.238. The summed E-state index contributed by atoms with van der Waals surface area (Å²) in [5.41, 5.74) is 8.70. The lowest BCUT2D eigenvalue weighted by Gasteiger charge is -2.40. The van der Waals surface area contributed by atoms with Crippen LogP contribution in [0.3, 0.4) is 0 Å². The van der Waals surface area contributed by atoms with Gasteiger partial charge in [-0.1, -0.05) is 20.3 Å².